The van der Waals surface area contributed by atoms with Crippen LogP contribution < -0.4 is 9.64 Å². The molecule has 1 aliphatic heterocycles. The second-order valence-corrected chi connectivity index (χ2v) is 7.42. The van der Waals surface area contributed by atoms with E-state index in [1.165, 1.54) is 24.3 Å². The summed E-state index contributed by atoms with van der Waals surface area (Å²) in [5.41, 5.74) is 1.20. The third kappa shape index (κ3) is 3.04. The number of aliphatic hydroxyl groups excluding tert-OH is 1. The van der Waals surface area contributed by atoms with Gasteiger partial charge in [0.05, 0.1) is 25.0 Å². The fourth-order valence-electron chi connectivity index (χ4n) is 4.19. The van der Waals surface area contributed by atoms with Gasteiger partial charge in [-0.25, -0.2) is 0 Å². The summed E-state index contributed by atoms with van der Waals surface area (Å²) in [4.78, 5) is 28.1. The van der Waals surface area contributed by atoms with Gasteiger partial charge in [0.15, 0.2) is 11.5 Å². The molecular formula is C26H19NO5. The van der Waals surface area contributed by atoms with Gasteiger partial charge in [0.2, 0.25) is 5.78 Å². The number of benzene rings is 3. The number of ether oxygens (including phenoxy) is 1. The summed E-state index contributed by atoms with van der Waals surface area (Å²) in [5.74, 6) is -1.18. The number of Topliss-reactive ketones (excluding diaryl/α,β-unsaturated/α-hetero) is 1. The van der Waals surface area contributed by atoms with Crippen LogP contribution in [0.3, 0.4) is 0 Å². The molecule has 1 amide bonds. The minimum atomic E-state index is -0.849. The summed E-state index contributed by atoms with van der Waals surface area (Å²) < 4.78 is 10.6. The van der Waals surface area contributed by atoms with Crippen LogP contribution in [0, 0.1) is 0 Å². The van der Waals surface area contributed by atoms with Gasteiger partial charge in [0.25, 0.3) is 5.91 Å². The van der Waals surface area contributed by atoms with Gasteiger partial charge in [-0.1, -0.05) is 48.5 Å². The number of nitrogens with zero attached hydrogens (tertiary/aromatic N) is 1. The molecule has 2 heterocycles. The molecule has 1 aromatic heterocycles. The molecule has 158 valence electrons. The predicted molar refractivity (Wildman–Crippen MR) is 120 cm³/mol. The first-order chi connectivity index (χ1) is 15.6. The monoisotopic (exact) mass is 425 g/mol. The smallest absolute Gasteiger partial charge is 0.294 e. The first-order valence-electron chi connectivity index (χ1n) is 10.1. The molecule has 1 aliphatic rings. The zero-order chi connectivity index (χ0) is 22.2. The first-order valence-corrected chi connectivity index (χ1v) is 10.1. The van der Waals surface area contributed by atoms with Gasteiger partial charge in [-0.15, -0.1) is 0 Å². The molecule has 0 bridgehead atoms. The highest BCUT2D eigenvalue weighted by atomic mass is 16.5. The highest BCUT2D eigenvalue weighted by Gasteiger charge is 2.45. The van der Waals surface area contributed by atoms with Crippen molar-refractivity contribution >= 4 is 28.2 Å². The molecule has 0 fully saturated rings. The number of carbonyl (C=O) groups excluding carboxylic acids is 2. The first kappa shape index (κ1) is 19.6. The van der Waals surface area contributed by atoms with E-state index >= 15 is 0 Å². The number of hydrogen-bond acceptors (Lipinski definition) is 5. The van der Waals surface area contributed by atoms with Gasteiger partial charge in [-0.2, -0.15) is 0 Å². The van der Waals surface area contributed by atoms with Crippen LogP contribution in [0.1, 0.15) is 22.2 Å². The lowest BCUT2D eigenvalue weighted by molar-refractivity contribution is -0.117. The minimum absolute atomic E-state index is 0.0240. The standard InChI is InChI=1S/C26H19NO5/c1-31-18-10-5-9-17(15-18)27-23(20-12-4-8-16-7-2-3-11-19(16)20)22(25(29)26(27)30)24(28)21-13-6-14-32-21/h2-15,23,29H,1H3. The number of amides is 1. The molecule has 1 unspecified atom stereocenters. The van der Waals surface area contributed by atoms with E-state index in [1.807, 2.05) is 42.5 Å². The Morgan fingerprint density at radius 1 is 1.00 bits per heavy atom. The molecule has 6 nitrogen and oxygen atoms in total. The molecule has 3 aromatic carbocycles. The van der Waals surface area contributed by atoms with Gasteiger partial charge in [-0.05, 0) is 40.6 Å². The highest BCUT2D eigenvalue weighted by Crippen LogP contribution is 2.44. The molecule has 0 saturated carbocycles. The van der Waals surface area contributed by atoms with Crippen molar-refractivity contribution in [2.45, 2.75) is 6.04 Å². The molecule has 5 rings (SSSR count). The average molecular weight is 425 g/mol. The van der Waals surface area contributed by atoms with Crippen molar-refractivity contribution in [3.8, 4) is 5.75 Å². The lowest BCUT2D eigenvalue weighted by Crippen LogP contribution is -2.31. The van der Waals surface area contributed by atoms with Crippen LogP contribution in [-0.2, 0) is 4.79 Å². The Morgan fingerprint density at radius 3 is 2.56 bits per heavy atom. The van der Waals surface area contributed by atoms with Crippen LogP contribution in [0.4, 0.5) is 5.69 Å². The summed E-state index contributed by atoms with van der Waals surface area (Å²) in [7, 11) is 1.54. The average Bonchev–Trinajstić information content (AvgIpc) is 3.46. The maximum atomic E-state index is 13.4. The molecule has 1 N–H and O–H groups in total. The molecule has 6 heteroatoms. The normalized spacial score (nSPS) is 16.1. The van der Waals surface area contributed by atoms with Crippen LogP contribution in [0.25, 0.3) is 10.8 Å². The van der Waals surface area contributed by atoms with E-state index in [0.29, 0.717) is 11.4 Å². The van der Waals surface area contributed by atoms with Crippen molar-refractivity contribution in [2.75, 3.05) is 12.0 Å². The Kier molecular flexibility index (Phi) is 4.75. The van der Waals surface area contributed by atoms with Crippen molar-refractivity contribution in [1.29, 1.82) is 0 Å². The number of fused-ring (bicyclic) bond motifs is 1. The van der Waals surface area contributed by atoms with Crippen LogP contribution in [0.2, 0.25) is 0 Å². The fraction of sp³-hybridized carbons (Fsp3) is 0.0769. The van der Waals surface area contributed by atoms with Crippen molar-refractivity contribution in [2.24, 2.45) is 0 Å². The molecule has 4 aromatic rings. The van der Waals surface area contributed by atoms with E-state index in [-0.39, 0.29) is 11.3 Å². The summed E-state index contributed by atoms with van der Waals surface area (Å²) >= 11 is 0. The molecular weight excluding hydrogens is 406 g/mol. The van der Waals surface area contributed by atoms with Crippen molar-refractivity contribution < 1.29 is 23.8 Å². The molecule has 0 radical (unpaired) electrons. The van der Waals surface area contributed by atoms with E-state index < -0.39 is 23.5 Å². The van der Waals surface area contributed by atoms with Gasteiger partial charge >= 0.3 is 0 Å². The van der Waals surface area contributed by atoms with E-state index in [9.17, 15) is 14.7 Å². The Bertz CT molecular complexity index is 1360. The third-order valence-corrected chi connectivity index (χ3v) is 5.65. The number of ketones is 1. The SMILES string of the molecule is COc1cccc(N2C(=O)C(O)=C(C(=O)c3ccco3)C2c2cccc3ccccc23)c1. The van der Waals surface area contributed by atoms with Crippen LogP contribution >= 0.6 is 0 Å². The van der Waals surface area contributed by atoms with Crippen molar-refractivity contribution in [3.05, 3.63) is 108 Å². The Balaban J connectivity index is 1.76. The van der Waals surface area contributed by atoms with Crippen LogP contribution in [-0.4, -0.2) is 23.9 Å². The van der Waals surface area contributed by atoms with E-state index in [0.717, 1.165) is 16.3 Å². The second-order valence-electron chi connectivity index (χ2n) is 7.42. The molecule has 0 spiro atoms. The number of aliphatic hydroxyl groups is 1. The van der Waals surface area contributed by atoms with Crippen LogP contribution in [0.15, 0.2) is 101 Å². The van der Waals surface area contributed by atoms with E-state index in [4.69, 9.17) is 9.15 Å². The predicted octanol–water partition coefficient (Wildman–Crippen LogP) is 5.22. The highest BCUT2D eigenvalue weighted by molar-refractivity contribution is 6.20. The topological polar surface area (TPSA) is 80.0 Å². The maximum absolute atomic E-state index is 13.4. The summed E-state index contributed by atoms with van der Waals surface area (Å²) in [5, 5.41) is 12.7. The summed E-state index contributed by atoms with van der Waals surface area (Å²) in [6.07, 6.45) is 1.38. The third-order valence-electron chi connectivity index (χ3n) is 5.65. The van der Waals surface area contributed by atoms with E-state index in [2.05, 4.69) is 0 Å². The number of hydrogen-bond donors (Lipinski definition) is 1. The number of furan rings is 1. The summed E-state index contributed by atoms with van der Waals surface area (Å²) in [6, 6.07) is 22.6. The molecule has 1 atom stereocenters. The fourth-order valence-corrected chi connectivity index (χ4v) is 4.19. The van der Waals surface area contributed by atoms with Gasteiger partial charge < -0.3 is 14.3 Å². The zero-order valence-corrected chi connectivity index (χ0v) is 17.2. The molecule has 0 saturated heterocycles. The van der Waals surface area contributed by atoms with Gasteiger partial charge in [-0.3, -0.25) is 14.5 Å². The summed E-state index contributed by atoms with van der Waals surface area (Å²) in [6.45, 7) is 0. The maximum Gasteiger partial charge on any atom is 0.294 e. The van der Waals surface area contributed by atoms with Crippen molar-refractivity contribution in [3.63, 3.8) is 0 Å². The lowest BCUT2D eigenvalue weighted by Gasteiger charge is -2.28. The second kappa shape index (κ2) is 7.74. The Labute approximate surface area is 184 Å². The van der Waals surface area contributed by atoms with Crippen molar-refractivity contribution in [1.82, 2.24) is 0 Å². The minimum Gasteiger partial charge on any atom is -0.503 e. The quantitative estimate of drug-likeness (QED) is 0.443. The molecule has 32 heavy (non-hydrogen) atoms. The van der Waals surface area contributed by atoms with Gasteiger partial charge in [0.1, 0.15) is 5.75 Å². The Morgan fingerprint density at radius 2 is 1.78 bits per heavy atom. The largest absolute Gasteiger partial charge is 0.503 e. The number of anilines is 1. The number of carbonyl (C=O) groups is 2. The number of rotatable bonds is 5. The Hall–Kier alpha value is -4.32. The van der Waals surface area contributed by atoms with Gasteiger partial charge in [0, 0.05) is 11.8 Å². The number of methoxy groups -OCH3 is 1. The lowest BCUT2D eigenvalue weighted by atomic mass is 9.91. The molecule has 0 aliphatic carbocycles. The zero-order valence-electron chi connectivity index (χ0n) is 17.2. The van der Waals surface area contributed by atoms with E-state index in [1.54, 1.807) is 30.3 Å². The van der Waals surface area contributed by atoms with Crippen LogP contribution in [0.5, 0.6) is 5.75 Å².